The molecule has 0 radical (unpaired) electrons. The Morgan fingerprint density at radius 3 is 2.60 bits per heavy atom. The van der Waals surface area contributed by atoms with E-state index in [4.69, 9.17) is 11.6 Å². The Hall–Kier alpha value is -2.33. The Balaban J connectivity index is 1.65. The molecule has 0 unspecified atom stereocenters. The Bertz CT molecular complexity index is 774. The zero-order chi connectivity index (χ0) is 17.8. The fraction of sp³-hybridized carbons (Fsp3) is 0.300. The molecule has 1 N–H and O–H groups in total. The highest BCUT2D eigenvalue weighted by molar-refractivity contribution is 6.30. The summed E-state index contributed by atoms with van der Waals surface area (Å²) < 4.78 is 0. The first-order valence-electron chi connectivity index (χ1n) is 8.52. The standard InChI is InChI=1S/C20H21ClN2O2/c1-2-19(24)23-17-6-4-3-5-15(17)13-18(23)20(25)22-12-11-14-7-9-16(21)10-8-14/h3-10,18H,2,11-13H2,1H3,(H,22,25)/t18-/m1/s1. The van der Waals surface area contributed by atoms with Crippen molar-refractivity contribution in [1.29, 1.82) is 0 Å². The van der Waals surface area contributed by atoms with Crippen LogP contribution in [0, 0.1) is 0 Å². The molecule has 5 heteroatoms. The summed E-state index contributed by atoms with van der Waals surface area (Å²) >= 11 is 5.88. The number of amides is 2. The average Bonchev–Trinajstić information content (AvgIpc) is 3.02. The maximum absolute atomic E-state index is 12.7. The Morgan fingerprint density at radius 2 is 1.88 bits per heavy atom. The smallest absolute Gasteiger partial charge is 0.243 e. The van der Waals surface area contributed by atoms with Gasteiger partial charge in [-0.2, -0.15) is 0 Å². The molecule has 1 aliphatic heterocycles. The molecule has 0 saturated carbocycles. The average molecular weight is 357 g/mol. The molecule has 0 bridgehead atoms. The summed E-state index contributed by atoms with van der Waals surface area (Å²) in [6.07, 6.45) is 1.67. The zero-order valence-electron chi connectivity index (χ0n) is 14.2. The monoisotopic (exact) mass is 356 g/mol. The van der Waals surface area contributed by atoms with E-state index in [0.29, 0.717) is 24.4 Å². The number of anilines is 1. The molecular formula is C20H21ClN2O2. The number of fused-ring (bicyclic) bond motifs is 1. The number of benzene rings is 2. The van der Waals surface area contributed by atoms with Crippen molar-refractivity contribution in [3.05, 3.63) is 64.7 Å². The third kappa shape index (κ3) is 3.85. The van der Waals surface area contributed by atoms with Crippen molar-refractivity contribution in [2.75, 3.05) is 11.4 Å². The summed E-state index contributed by atoms with van der Waals surface area (Å²) in [5.74, 6) is -0.130. The lowest BCUT2D eigenvalue weighted by molar-refractivity contribution is -0.126. The largest absolute Gasteiger partial charge is 0.354 e. The predicted octanol–water partition coefficient (Wildman–Crippen LogP) is 3.37. The van der Waals surface area contributed by atoms with Gasteiger partial charge in [-0.05, 0) is 35.7 Å². The van der Waals surface area contributed by atoms with E-state index in [1.165, 1.54) is 0 Å². The third-order valence-electron chi connectivity index (χ3n) is 4.48. The lowest BCUT2D eigenvalue weighted by Crippen LogP contribution is -2.48. The molecule has 0 aliphatic carbocycles. The minimum atomic E-state index is -0.463. The van der Waals surface area contributed by atoms with E-state index in [1.54, 1.807) is 4.90 Å². The highest BCUT2D eigenvalue weighted by Crippen LogP contribution is 2.32. The second-order valence-corrected chi connectivity index (χ2v) is 6.57. The summed E-state index contributed by atoms with van der Waals surface area (Å²) in [5, 5.41) is 3.66. The van der Waals surface area contributed by atoms with Crippen molar-refractivity contribution in [3.8, 4) is 0 Å². The summed E-state index contributed by atoms with van der Waals surface area (Å²) in [5.41, 5.74) is 3.01. The minimum absolute atomic E-state index is 0.0252. The van der Waals surface area contributed by atoms with Crippen LogP contribution in [0.4, 0.5) is 5.69 Å². The molecule has 3 rings (SSSR count). The molecule has 25 heavy (non-hydrogen) atoms. The Kier molecular flexibility index (Phi) is 5.39. The van der Waals surface area contributed by atoms with Gasteiger partial charge >= 0.3 is 0 Å². The van der Waals surface area contributed by atoms with E-state index in [0.717, 1.165) is 23.2 Å². The summed E-state index contributed by atoms with van der Waals surface area (Å²) in [4.78, 5) is 26.7. The van der Waals surface area contributed by atoms with Crippen molar-refractivity contribution < 1.29 is 9.59 Å². The SMILES string of the molecule is CCC(=O)N1c2ccccc2C[C@@H]1C(=O)NCCc1ccc(Cl)cc1. The number of halogens is 1. The van der Waals surface area contributed by atoms with Gasteiger partial charge < -0.3 is 5.32 Å². The molecule has 0 fully saturated rings. The fourth-order valence-corrected chi connectivity index (χ4v) is 3.30. The van der Waals surface area contributed by atoms with Crippen LogP contribution >= 0.6 is 11.6 Å². The first-order chi connectivity index (χ1) is 12.1. The highest BCUT2D eigenvalue weighted by atomic mass is 35.5. The second kappa shape index (κ2) is 7.70. The molecule has 1 heterocycles. The van der Waals surface area contributed by atoms with E-state index in [-0.39, 0.29) is 11.8 Å². The fourth-order valence-electron chi connectivity index (χ4n) is 3.17. The Morgan fingerprint density at radius 1 is 1.16 bits per heavy atom. The Labute approximate surface area is 152 Å². The topological polar surface area (TPSA) is 49.4 Å². The van der Waals surface area contributed by atoms with Gasteiger partial charge in [0.2, 0.25) is 11.8 Å². The van der Waals surface area contributed by atoms with Gasteiger partial charge in [0, 0.05) is 30.1 Å². The number of hydrogen-bond acceptors (Lipinski definition) is 2. The molecule has 0 spiro atoms. The van der Waals surface area contributed by atoms with Crippen LogP contribution in [0.2, 0.25) is 5.02 Å². The highest BCUT2D eigenvalue weighted by Gasteiger charge is 2.37. The van der Waals surface area contributed by atoms with Crippen molar-refractivity contribution >= 4 is 29.1 Å². The molecule has 4 nitrogen and oxygen atoms in total. The molecule has 1 aliphatic rings. The lowest BCUT2D eigenvalue weighted by atomic mass is 10.1. The number of rotatable bonds is 5. The molecule has 1 atom stereocenters. The number of nitrogens with one attached hydrogen (secondary N) is 1. The van der Waals surface area contributed by atoms with Crippen LogP contribution in [0.3, 0.4) is 0 Å². The van der Waals surface area contributed by atoms with Gasteiger partial charge in [0.25, 0.3) is 0 Å². The van der Waals surface area contributed by atoms with Gasteiger partial charge in [0.05, 0.1) is 0 Å². The molecule has 2 aromatic carbocycles. The van der Waals surface area contributed by atoms with Crippen LogP contribution in [-0.4, -0.2) is 24.4 Å². The lowest BCUT2D eigenvalue weighted by Gasteiger charge is -2.24. The van der Waals surface area contributed by atoms with E-state index >= 15 is 0 Å². The van der Waals surface area contributed by atoms with Gasteiger partial charge in [-0.1, -0.05) is 48.9 Å². The molecular weight excluding hydrogens is 336 g/mol. The molecule has 130 valence electrons. The number of carbonyl (C=O) groups excluding carboxylic acids is 2. The molecule has 2 aromatic rings. The molecule has 0 saturated heterocycles. The minimum Gasteiger partial charge on any atom is -0.354 e. The van der Waals surface area contributed by atoms with Crippen molar-refractivity contribution in [3.63, 3.8) is 0 Å². The van der Waals surface area contributed by atoms with Gasteiger partial charge in [-0.25, -0.2) is 0 Å². The summed E-state index contributed by atoms with van der Waals surface area (Å²) in [6.45, 7) is 2.35. The number of hydrogen-bond donors (Lipinski definition) is 1. The van der Waals surface area contributed by atoms with Crippen LogP contribution in [0.5, 0.6) is 0 Å². The van der Waals surface area contributed by atoms with Crippen LogP contribution in [-0.2, 0) is 22.4 Å². The van der Waals surface area contributed by atoms with Gasteiger partial charge in [-0.15, -0.1) is 0 Å². The summed E-state index contributed by atoms with van der Waals surface area (Å²) in [6, 6.07) is 14.8. The number of carbonyl (C=O) groups is 2. The second-order valence-electron chi connectivity index (χ2n) is 6.13. The van der Waals surface area contributed by atoms with E-state index in [9.17, 15) is 9.59 Å². The van der Waals surface area contributed by atoms with Crippen LogP contribution in [0.25, 0.3) is 0 Å². The molecule has 2 amide bonds. The van der Waals surface area contributed by atoms with Gasteiger partial charge in [0.15, 0.2) is 0 Å². The van der Waals surface area contributed by atoms with Crippen molar-refractivity contribution in [2.24, 2.45) is 0 Å². The predicted molar refractivity (Wildman–Crippen MR) is 99.9 cm³/mol. The summed E-state index contributed by atoms with van der Waals surface area (Å²) in [7, 11) is 0. The van der Waals surface area contributed by atoms with E-state index in [2.05, 4.69) is 5.32 Å². The first-order valence-corrected chi connectivity index (χ1v) is 8.90. The van der Waals surface area contributed by atoms with Crippen molar-refractivity contribution in [2.45, 2.75) is 32.2 Å². The van der Waals surface area contributed by atoms with Crippen LogP contribution < -0.4 is 10.2 Å². The quantitative estimate of drug-likeness (QED) is 0.893. The normalized spacial score (nSPS) is 15.8. The number of para-hydroxylation sites is 1. The van der Waals surface area contributed by atoms with Crippen LogP contribution in [0.1, 0.15) is 24.5 Å². The third-order valence-corrected chi connectivity index (χ3v) is 4.73. The van der Waals surface area contributed by atoms with Gasteiger partial charge in [-0.3, -0.25) is 14.5 Å². The zero-order valence-corrected chi connectivity index (χ0v) is 14.9. The number of nitrogens with zero attached hydrogens (tertiary/aromatic N) is 1. The maximum atomic E-state index is 12.7. The first kappa shape index (κ1) is 17.5. The van der Waals surface area contributed by atoms with E-state index < -0.39 is 6.04 Å². The van der Waals surface area contributed by atoms with Crippen molar-refractivity contribution in [1.82, 2.24) is 5.32 Å². The van der Waals surface area contributed by atoms with Crippen LogP contribution in [0.15, 0.2) is 48.5 Å². The molecule has 0 aromatic heterocycles. The van der Waals surface area contributed by atoms with Gasteiger partial charge in [0.1, 0.15) is 6.04 Å². The van der Waals surface area contributed by atoms with E-state index in [1.807, 2.05) is 55.5 Å². The maximum Gasteiger partial charge on any atom is 0.243 e.